The van der Waals surface area contributed by atoms with E-state index in [2.05, 4.69) is 0 Å². The Morgan fingerprint density at radius 1 is 1.46 bits per heavy atom. The first-order valence-corrected chi connectivity index (χ1v) is 4.21. The summed E-state index contributed by atoms with van der Waals surface area (Å²) in [5, 5.41) is 9.39. The van der Waals surface area contributed by atoms with Gasteiger partial charge in [0, 0.05) is 21.7 Å². The lowest BCUT2D eigenvalue weighted by molar-refractivity contribution is 1.49. The third kappa shape index (κ3) is 2.38. The van der Waals surface area contributed by atoms with Gasteiger partial charge >= 0.3 is 0 Å². The molecule has 1 aromatic rings. The molecule has 0 saturated heterocycles. The summed E-state index contributed by atoms with van der Waals surface area (Å²) in [6.07, 6.45) is 1.22. The summed E-state index contributed by atoms with van der Waals surface area (Å²) in [5.74, 6) is 0. The zero-order chi connectivity index (χ0) is 9.84. The summed E-state index contributed by atoms with van der Waals surface area (Å²) in [6, 6.07) is 6.74. The van der Waals surface area contributed by atoms with Gasteiger partial charge in [-0.2, -0.15) is 5.26 Å². The van der Waals surface area contributed by atoms with Crippen molar-refractivity contribution in [2.75, 3.05) is 0 Å². The molecule has 2 N–H and O–H groups in total. The number of allylic oxidation sites excluding steroid dienone is 1. The highest BCUT2D eigenvalue weighted by molar-refractivity contribution is 6.34. The van der Waals surface area contributed by atoms with Gasteiger partial charge in [-0.3, -0.25) is 0 Å². The molecule has 66 valence electrons. The Kier molecular flexibility index (Phi) is 3.18. The third-order valence-electron chi connectivity index (χ3n) is 1.46. The van der Waals surface area contributed by atoms with Gasteiger partial charge in [-0.25, -0.2) is 0 Å². The minimum atomic E-state index is 0.315. The average molecular weight is 213 g/mol. The Bertz CT molecular complexity index is 391. The predicted molar refractivity (Wildman–Crippen MR) is 54.2 cm³/mol. The quantitative estimate of drug-likeness (QED) is 0.729. The molecule has 0 amide bonds. The molecule has 0 aromatic heterocycles. The van der Waals surface area contributed by atoms with Gasteiger partial charge in [0.25, 0.3) is 0 Å². The van der Waals surface area contributed by atoms with Crippen molar-refractivity contribution in [3.05, 3.63) is 39.9 Å². The fraction of sp³-hybridized carbons (Fsp3) is 0. The first-order chi connectivity index (χ1) is 6.15. The average Bonchev–Trinajstić information content (AvgIpc) is 2.09. The van der Waals surface area contributed by atoms with Crippen LogP contribution < -0.4 is 5.73 Å². The molecular weight excluding hydrogens is 207 g/mol. The van der Waals surface area contributed by atoms with Crippen LogP contribution in [0.3, 0.4) is 0 Å². The van der Waals surface area contributed by atoms with Crippen LogP contribution in [0.15, 0.2) is 24.3 Å². The van der Waals surface area contributed by atoms with E-state index >= 15 is 0 Å². The molecule has 0 spiro atoms. The third-order valence-corrected chi connectivity index (χ3v) is 2.02. The second-order valence-corrected chi connectivity index (χ2v) is 3.20. The van der Waals surface area contributed by atoms with Crippen LogP contribution in [-0.2, 0) is 0 Å². The highest BCUT2D eigenvalue weighted by atomic mass is 35.5. The van der Waals surface area contributed by atoms with Crippen LogP contribution in [0.2, 0.25) is 10.0 Å². The Morgan fingerprint density at radius 2 is 2.15 bits per heavy atom. The van der Waals surface area contributed by atoms with Gasteiger partial charge in [0.15, 0.2) is 0 Å². The Hall–Kier alpha value is -1.17. The zero-order valence-corrected chi connectivity index (χ0v) is 8.10. The maximum absolute atomic E-state index is 8.38. The van der Waals surface area contributed by atoms with E-state index in [-0.39, 0.29) is 0 Å². The van der Waals surface area contributed by atoms with Gasteiger partial charge in [0.1, 0.15) is 0 Å². The Labute approximate surface area is 86.2 Å². The van der Waals surface area contributed by atoms with Gasteiger partial charge in [0.05, 0.1) is 11.8 Å². The van der Waals surface area contributed by atoms with Crippen molar-refractivity contribution in [3.8, 4) is 6.07 Å². The number of halogens is 2. The lowest BCUT2D eigenvalue weighted by Gasteiger charge is -2.03. The van der Waals surface area contributed by atoms with Gasteiger partial charge in [0.2, 0.25) is 0 Å². The number of nitrogens with zero attached hydrogens (tertiary/aromatic N) is 1. The second-order valence-electron chi connectivity index (χ2n) is 2.35. The van der Waals surface area contributed by atoms with E-state index in [9.17, 15) is 0 Å². The van der Waals surface area contributed by atoms with Crippen molar-refractivity contribution in [1.82, 2.24) is 0 Å². The topological polar surface area (TPSA) is 49.8 Å². The number of nitrogens with two attached hydrogens (primary N) is 1. The van der Waals surface area contributed by atoms with E-state index in [4.69, 9.17) is 34.2 Å². The first kappa shape index (κ1) is 9.91. The fourth-order valence-corrected chi connectivity index (χ4v) is 1.26. The second kappa shape index (κ2) is 4.18. The highest BCUT2D eigenvalue weighted by Gasteiger charge is 2.03. The standard InChI is InChI=1S/C9H6Cl2N2/c10-6-1-2-8(11)7(5-6)9(13)3-4-12/h1-3,5H,13H2/b9-3+. The molecule has 0 saturated carbocycles. The number of nitriles is 1. The molecule has 0 bridgehead atoms. The smallest absolute Gasteiger partial charge is 0.0933 e. The van der Waals surface area contributed by atoms with Crippen molar-refractivity contribution in [2.45, 2.75) is 0 Å². The zero-order valence-electron chi connectivity index (χ0n) is 6.59. The van der Waals surface area contributed by atoms with Gasteiger partial charge < -0.3 is 5.73 Å². The Morgan fingerprint density at radius 3 is 2.77 bits per heavy atom. The molecule has 0 atom stereocenters. The summed E-state index contributed by atoms with van der Waals surface area (Å²) >= 11 is 11.6. The summed E-state index contributed by atoms with van der Waals surface area (Å²) in [4.78, 5) is 0. The molecule has 13 heavy (non-hydrogen) atoms. The predicted octanol–water partition coefficient (Wildman–Crippen LogP) is 2.82. The normalized spacial score (nSPS) is 11.0. The lowest BCUT2D eigenvalue weighted by atomic mass is 10.1. The van der Waals surface area contributed by atoms with Crippen molar-refractivity contribution in [2.24, 2.45) is 5.73 Å². The molecule has 4 heteroatoms. The fourth-order valence-electron chi connectivity index (χ4n) is 0.866. The van der Waals surface area contributed by atoms with E-state index in [1.54, 1.807) is 18.2 Å². The van der Waals surface area contributed by atoms with Crippen LogP contribution in [0.5, 0.6) is 0 Å². The molecule has 0 radical (unpaired) electrons. The van der Waals surface area contributed by atoms with Crippen molar-refractivity contribution < 1.29 is 0 Å². The van der Waals surface area contributed by atoms with Gasteiger partial charge in [-0.1, -0.05) is 23.2 Å². The van der Waals surface area contributed by atoms with Crippen molar-refractivity contribution in [3.63, 3.8) is 0 Å². The van der Waals surface area contributed by atoms with Crippen LogP contribution in [-0.4, -0.2) is 0 Å². The summed E-state index contributed by atoms with van der Waals surface area (Å²) < 4.78 is 0. The van der Waals surface area contributed by atoms with Crippen LogP contribution in [0.4, 0.5) is 0 Å². The van der Waals surface area contributed by atoms with E-state index in [0.29, 0.717) is 21.3 Å². The molecule has 0 fully saturated rings. The molecule has 0 aliphatic carbocycles. The minimum Gasteiger partial charge on any atom is -0.398 e. The molecule has 1 rings (SSSR count). The molecule has 0 heterocycles. The number of rotatable bonds is 1. The summed E-state index contributed by atoms with van der Waals surface area (Å²) in [7, 11) is 0. The molecule has 0 aliphatic rings. The van der Waals surface area contributed by atoms with Crippen molar-refractivity contribution in [1.29, 1.82) is 5.26 Å². The van der Waals surface area contributed by atoms with Crippen LogP contribution >= 0.6 is 23.2 Å². The lowest BCUT2D eigenvalue weighted by Crippen LogP contribution is -1.96. The van der Waals surface area contributed by atoms with Crippen LogP contribution in [0, 0.1) is 11.3 Å². The summed E-state index contributed by atoms with van der Waals surface area (Å²) in [6.45, 7) is 0. The molecule has 0 aliphatic heterocycles. The highest BCUT2D eigenvalue weighted by Crippen LogP contribution is 2.24. The maximum atomic E-state index is 8.38. The largest absolute Gasteiger partial charge is 0.398 e. The number of benzene rings is 1. The SMILES string of the molecule is N#C/C=C(/N)c1cc(Cl)ccc1Cl. The Balaban J connectivity index is 3.22. The maximum Gasteiger partial charge on any atom is 0.0933 e. The number of hydrogen-bond donors (Lipinski definition) is 1. The van der Waals surface area contributed by atoms with E-state index in [1.807, 2.05) is 6.07 Å². The molecule has 0 unspecified atom stereocenters. The van der Waals surface area contributed by atoms with E-state index in [0.717, 1.165) is 0 Å². The molecular formula is C9H6Cl2N2. The molecule has 2 nitrogen and oxygen atoms in total. The van der Waals surface area contributed by atoms with Crippen LogP contribution in [0.1, 0.15) is 5.56 Å². The first-order valence-electron chi connectivity index (χ1n) is 3.46. The minimum absolute atomic E-state index is 0.315. The van der Waals surface area contributed by atoms with Crippen LogP contribution in [0.25, 0.3) is 5.70 Å². The monoisotopic (exact) mass is 212 g/mol. The number of hydrogen-bond acceptors (Lipinski definition) is 2. The van der Waals surface area contributed by atoms with Gasteiger partial charge in [-0.05, 0) is 18.2 Å². The summed E-state index contributed by atoms with van der Waals surface area (Å²) in [5.41, 5.74) is 6.46. The van der Waals surface area contributed by atoms with Gasteiger partial charge in [-0.15, -0.1) is 0 Å². The van der Waals surface area contributed by atoms with E-state index in [1.165, 1.54) is 6.08 Å². The van der Waals surface area contributed by atoms with Crippen molar-refractivity contribution >= 4 is 28.9 Å². The van der Waals surface area contributed by atoms with E-state index < -0.39 is 0 Å². The molecule has 1 aromatic carbocycles.